The largest absolute Gasteiger partial charge is 0.484 e. The number of hydrogen-bond acceptors (Lipinski definition) is 4. The van der Waals surface area contributed by atoms with Crippen molar-refractivity contribution in [3.63, 3.8) is 0 Å². The van der Waals surface area contributed by atoms with Gasteiger partial charge in [-0.3, -0.25) is 10.1 Å². The van der Waals surface area contributed by atoms with E-state index in [2.05, 4.69) is 22.4 Å². The predicted octanol–water partition coefficient (Wildman–Crippen LogP) is 6.46. The standard InChI is InChI=1S/C24H19ClN2O2S/c1-16-23(19-8-5-9-20(25)14-19)27-24(30-16)26-22(28)15-29-21-12-10-18(11-13-21)17-6-3-2-4-7-17/h2-14H,15H2,1H3,(H,26,27,28). The molecule has 1 aromatic heterocycles. The van der Waals surface area contributed by atoms with E-state index >= 15 is 0 Å². The van der Waals surface area contributed by atoms with Crippen LogP contribution < -0.4 is 10.1 Å². The van der Waals surface area contributed by atoms with Gasteiger partial charge >= 0.3 is 0 Å². The van der Waals surface area contributed by atoms with Gasteiger partial charge in [0.15, 0.2) is 11.7 Å². The first-order valence-corrected chi connectivity index (χ1v) is 10.6. The van der Waals surface area contributed by atoms with Crippen molar-refractivity contribution in [1.82, 2.24) is 4.98 Å². The Bertz CT molecular complexity index is 1160. The van der Waals surface area contributed by atoms with Crippen LogP contribution in [-0.2, 0) is 4.79 Å². The van der Waals surface area contributed by atoms with Crippen molar-refractivity contribution in [3.05, 3.63) is 88.8 Å². The fraction of sp³-hybridized carbons (Fsp3) is 0.0833. The summed E-state index contributed by atoms with van der Waals surface area (Å²) in [6, 6.07) is 25.3. The lowest BCUT2D eigenvalue weighted by Crippen LogP contribution is -2.20. The minimum Gasteiger partial charge on any atom is -0.484 e. The van der Waals surface area contributed by atoms with Crippen LogP contribution in [0.2, 0.25) is 5.02 Å². The van der Waals surface area contributed by atoms with Crippen LogP contribution in [0.4, 0.5) is 5.13 Å². The Labute approximate surface area is 184 Å². The van der Waals surface area contributed by atoms with E-state index in [1.54, 1.807) is 0 Å². The second-order valence-electron chi connectivity index (χ2n) is 6.66. The minimum absolute atomic E-state index is 0.0875. The molecule has 0 aliphatic carbocycles. The van der Waals surface area contributed by atoms with Gasteiger partial charge < -0.3 is 4.74 Å². The molecule has 1 N–H and O–H groups in total. The monoisotopic (exact) mass is 434 g/mol. The number of nitrogens with zero attached hydrogens (tertiary/aromatic N) is 1. The number of ether oxygens (including phenoxy) is 1. The van der Waals surface area contributed by atoms with Crippen molar-refractivity contribution < 1.29 is 9.53 Å². The zero-order valence-electron chi connectivity index (χ0n) is 16.3. The Morgan fingerprint density at radius 1 is 0.967 bits per heavy atom. The highest BCUT2D eigenvalue weighted by Crippen LogP contribution is 2.31. The predicted molar refractivity (Wildman–Crippen MR) is 123 cm³/mol. The van der Waals surface area contributed by atoms with E-state index in [9.17, 15) is 4.79 Å². The molecule has 0 bridgehead atoms. The maximum Gasteiger partial charge on any atom is 0.264 e. The molecular formula is C24H19ClN2O2S. The van der Waals surface area contributed by atoms with E-state index in [4.69, 9.17) is 16.3 Å². The molecule has 3 aromatic carbocycles. The molecule has 4 rings (SSSR count). The van der Waals surface area contributed by atoms with Crippen LogP contribution in [0.5, 0.6) is 5.75 Å². The molecule has 0 aliphatic rings. The average Bonchev–Trinajstić information content (AvgIpc) is 3.13. The number of hydrogen-bond donors (Lipinski definition) is 1. The van der Waals surface area contributed by atoms with Crippen molar-refractivity contribution in [2.75, 3.05) is 11.9 Å². The fourth-order valence-electron chi connectivity index (χ4n) is 3.03. The second-order valence-corrected chi connectivity index (χ2v) is 8.30. The molecule has 1 amide bonds. The van der Waals surface area contributed by atoms with Gasteiger partial charge in [-0.15, -0.1) is 11.3 Å². The lowest BCUT2D eigenvalue weighted by molar-refractivity contribution is -0.118. The van der Waals surface area contributed by atoms with E-state index < -0.39 is 0 Å². The molecule has 0 spiro atoms. The zero-order valence-corrected chi connectivity index (χ0v) is 17.8. The number of rotatable bonds is 6. The van der Waals surface area contributed by atoms with Gasteiger partial charge in [-0.1, -0.05) is 66.2 Å². The van der Waals surface area contributed by atoms with Gasteiger partial charge in [0, 0.05) is 15.5 Å². The molecule has 0 unspecified atom stereocenters. The van der Waals surface area contributed by atoms with Crippen LogP contribution in [0.25, 0.3) is 22.4 Å². The molecule has 150 valence electrons. The average molecular weight is 435 g/mol. The maximum absolute atomic E-state index is 12.3. The van der Waals surface area contributed by atoms with Crippen LogP contribution in [0, 0.1) is 6.92 Å². The van der Waals surface area contributed by atoms with Gasteiger partial charge in [0.25, 0.3) is 5.91 Å². The summed E-state index contributed by atoms with van der Waals surface area (Å²) in [6.07, 6.45) is 0. The third-order valence-electron chi connectivity index (χ3n) is 4.47. The SMILES string of the molecule is Cc1sc(NC(=O)COc2ccc(-c3ccccc3)cc2)nc1-c1cccc(Cl)c1. The number of nitrogens with one attached hydrogen (secondary N) is 1. The summed E-state index contributed by atoms with van der Waals surface area (Å²) in [5.74, 6) is 0.383. The summed E-state index contributed by atoms with van der Waals surface area (Å²) in [5.41, 5.74) is 3.97. The number of aromatic nitrogens is 1. The Hall–Kier alpha value is -3.15. The molecule has 0 saturated carbocycles. The normalized spacial score (nSPS) is 10.6. The van der Waals surface area contributed by atoms with Gasteiger partial charge in [-0.25, -0.2) is 4.98 Å². The highest BCUT2D eigenvalue weighted by molar-refractivity contribution is 7.16. The number of benzene rings is 3. The molecule has 0 fully saturated rings. The van der Waals surface area contributed by atoms with Crippen LogP contribution in [0.1, 0.15) is 4.88 Å². The highest BCUT2D eigenvalue weighted by Gasteiger charge is 2.13. The molecule has 30 heavy (non-hydrogen) atoms. The van der Waals surface area contributed by atoms with Gasteiger partial charge in [0.05, 0.1) is 5.69 Å². The Balaban J connectivity index is 1.36. The Kier molecular flexibility index (Phi) is 6.12. The van der Waals surface area contributed by atoms with Gasteiger partial charge in [0.1, 0.15) is 5.75 Å². The van der Waals surface area contributed by atoms with Crippen LogP contribution in [-0.4, -0.2) is 17.5 Å². The van der Waals surface area contributed by atoms with Crippen LogP contribution in [0.3, 0.4) is 0 Å². The van der Waals surface area contributed by atoms with E-state index in [1.165, 1.54) is 11.3 Å². The third-order valence-corrected chi connectivity index (χ3v) is 5.59. The van der Waals surface area contributed by atoms with E-state index in [1.807, 2.05) is 73.7 Å². The van der Waals surface area contributed by atoms with Crippen molar-refractivity contribution in [2.45, 2.75) is 6.92 Å². The number of aryl methyl sites for hydroxylation is 1. The number of anilines is 1. The third kappa shape index (κ3) is 4.87. The zero-order chi connectivity index (χ0) is 20.9. The molecule has 0 radical (unpaired) electrons. The van der Waals surface area contributed by atoms with Gasteiger partial charge in [-0.05, 0) is 42.3 Å². The molecular weight excluding hydrogens is 416 g/mol. The van der Waals surface area contributed by atoms with E-state index in [0.29, 0.717) is 15.9 Å². The minimum atomic E-state index is -0.256. The maximum atomic E-state index is 12.3. The molecule has 4 nitrogen and oxygen atoms in total. The van der Waals surface area contributed by atoms with E-state index in [-0.39, 0.29) is 12.5 Å². The summed E-state index contributed by atoms with van der Waals surface area (Å²) in [7, 11) is 0. The summed E-state index contributed by atoms with van der Waals surface area (Å²) in [4.78, 5) is 17.8. The van der Waals surface area contributed by atoms with Crippen LogP contribution >= 0.6 is 22.9 Å². The quantitative estimate of drug-likeness (QED) is 0.379. The number of thiazole rings is 1. The first-order valence-electron chi connectivity index (χ1n) is 9.40. The Morgan fingerprint density at radius 3 is 2.40 bits per heavy atom. The lowest BCUT2D eigenvalue weighted by Gasteiger charge is -2.07. The smallest absolute Gasteiger partial charge is 0.264 e. The summed E-state index contributed by atoms with van der Waals surface area (Å²) in [5, 5.41) is 3.99. The molecule has 6 heteroatoms. The fourth-order valence-corrected chi connectivity index (χ4v) is 4.07. The van der Waals surface area contributed by atoms with Crippen molar-refractivity contribution in [1.29, 1.82) is 0 Å². The first-order chi connectivity index (χ1) is 14.6. The summed E-state index contributed by atoms with van der Waals surface area (Å²) >= 11 is 7.49. The molecule has 4 aromatic rings. The second kappa shape index (κ2) is 9.11. The number of carbonyl (C=O) groups is 1. The first kappa shape index (κ1) is 20.1. The highest BCUT2D eigenvalue weighted by atomic mass is 35.5. The van der Waals surface area contributed by atoms with Crippen molar-refractivity contribution >= 4 is 34.0 Å². The van der Waals surface area contributed by atoms with Crippen molar-refractivity contribution in [3.8, 4) is 28.1 Å². The molecule has 0 saturated heterocycles. The summed E-state index contributed by atoms with van der Waals surface area (Å²) in [6.45, 7) is 1.88. The molecule has 0 aliphatic heterocycles. The van der Waals surface area contributed by atoms with Gasteiger partial charge in [0.2, 0.25) is 0 Å². The van der Waals surface area contributed by atoms with Crippen LogP contribution in [0.15, 0.2) is 78.9 Å². The van der Waals surface area contributed by atoms with E-state index in [0.717, 1.165) is 27.3 Å². The van der Waals surface area contributed by atoms with Crippen molar-refractivity contribution in [2.24, 2.45) is 0 Å². The summed E-state index contributed by atoms with van der Waals surface area (Å²) < 4.78 is 5.62. The molecule has 0 atom stereocenters. The number of halogens is 1. The van der Waals surface area contributed by atoms with Gasteiger partial charge in [-0.2, -0.15) is 0 Å². The number of carbonyl (C=O) groups excluding carboxylic acids is 1. The lowest BCUT2D eigenvalue weighted by atomic mass is 10.1. The number of amides is 1. The topological polar surface area (TPSA) is 51.2 Å². The Morgan fingerprint density at radius 2 is 1.67 bits per heavy atom. The molecule has 1 heterocycles.